The summed E-state index contributed by atoms with van der Waals surface area (Å²) in [6.45, 7) is 5.49. The molecule has 2 rings (SSSR count). The topological polar surface area (TPSA) is 117 Å². The fraction of sp³-hybridized carbons (Fsp3) is 0.526. The Hall–Kier alpha value is -2.61. The van der Waals surface area contributed by atoms with E-state index in [-0.39, 0.29) is 29.8 Å². The molecule has 8 heteroatoms. The third kappa shape index (κ3) is 5.96. The van der Waals surface area contributed by atoms with Crippen LogP contribution in [0.5, 0.6) is 0 Å². The van der Waals surface area contributed by atoms with Crippen molar-refractivity contribution in [3.8, 4) is 0 Å². The number of nitrogens with one attached hydrogen (secondary N) is 3. The van der Waals surface area contributed by atoms with Gasteiger partial charge in [-0.3, -0.25) is 9.59 Å². The number of urea groups is 1. The predicted molar refractivity (Wildman–Crippen MR) is 104 cm³/mol. The Labute approximate surface area is 159 Å². The highest BCUT2D eigenvalue weighted by molar-refractivity contribution is 6.03. The van der Waals surface area contributed by atoms with Crippen LogP contribution >= 0.6 is 0 Å². The van der Waals surface area contributed by atoms with Crippen LogP contribution in [0.2, 0.25) is 0 Å². The standard InChI is InChI=1S/C19H29N5O3/c1-13(2)22-19(27)23-16-8-4-3-7-15(16)18(26)24-11-5-6-14(12-24)17(25)21-10-9-20/h3-4,7-8,13-14H,5-6,9-12,20H2,1-2H3,(H,21,25)(H2,22,23,27). The quantitative estimate of drug-likeness (QED) is 0.596. The molecule has 0 aromatic heterocycles. The summed E-state index contributed by atoms with van der Waals surface area (Å²) in [7, 11) is 0. The molecule has 1 saturated heterocycles. The summed E-state index contributed by atoms with van der Waals surface area (Å²) in [6.07, 6.45) is 1.51. The summed E-state index contributed by atoms with van der Waals surface area (Å²) in [5.74, 6) is -0.494. The molecular weight excluding hydrogens is 346 g/mol. The highest BCUT2D eigenvalue weighted by Gasteiger charge is 2.29. The molecule has 1 aliphatic heterocycles. The van der Waals surface area contributed by atoms with Crippen LogP contribution in [0.25, 0.3) is 0 Å². The maximum absolute atomic E-state index is 13.0. The van der Waals surface area contributed by atoms with E-state index >= 15 is 0 Å². The van der Waals surface area contributed by atoms with E-state index in [2.05, 4.69) is 16.0 Å². The lowest BCUT2D eigenvalue weighted by Crippen LogP contribution is -2.46. The SMILES string of the molecule is CC(C)NC(=O)Nc1ccccc1C(=O)N1CCCC(C(=O)NCCN)C1. The Morgan fingerprint density at radius 2 is 2.00 bits per heavy atom. The summed E-state index contributed by atoms with van der Waals surface area (Å²) < 4.78 is 0. The number of anilines is 1. The van der Waals surface area contributed by atoms with E-state index in [0.717, 1.165) is 12.8 Å². The monoisotopic (exact) mass is 375 g/mol. The van der Waals surface area contributed by atoms with Gasteiger partial charge in [-0.15, -0.1) is 0 Å². The zero-order valence-electron chi connectivity index (χ0n) is 16.0. The van der Waals surface area contributed by atoms with Crippen molar-refractivity contribution in [2.75, 3.05) is 31.5 Å². The first-order chi connectivity index (χ1) is 12.9. The van der Waals surface area contributed by atoms with Gasteiger partial charge in [-0.05, 0) is 38.8 Å². The molecule has 148 valence electrons. The van der Waals surface area contributed by atoms with Crippen molar-refractivity contribution in [2.45, 2.75) is 32.7 Å². The number of para-hydroxylation sites is 1. The summed E-state index contributed by atoms with van der Waals surface area (Å²) in [5, 5.41) is 8.26. The Morgan fingerprint density at radius 3 is 2.70 bits per heavy atom. The van der Waals surface area contributed by atoms with Crippen LogP contribution in [0.3, 0.4) is 0 Å². The van der Waals surface area contributed by atoms with Crippen molar-refractivity contribution in [1.29, 1.82) is 0 Å². The zero-order valence-corrected chi connectivity index (χ0v) is 16.0. The van der Waals surface area contributed by atoms with Gasteiger partial charge in [0.15, 0.2) is 0 Å². The molecule has 0 aliphatic carbocycles. The third-order valence-corrected chi connectivity index (χ3v) is 4.35. The molecule has 1 aromatic rings. The minimum Gasteiger partial charge on any atom is -0.355 e. The fourth-order valence-corrected chi connectivity index (χ4v) is 3.08. The minimum atomic E-state index is -0.358. The molecule has 4 amide bonds. The number of nitrogens with two attached hydrogens (primary N) is 1. The molecule has 0 spiro atoms. The number of amides is 4. The number of hydrogen-bond acceptors (Lipinski definition) is 4. The first kappa shape index (κ1) is 20.7. The largest absolute Gasteiger partial charge is 0.355 e. The highest BCUT2D eigenvalue weighted by atomic mass is 16.2. The zero-order chi connectivity index (χ0) is 19.8. The normalized spacial score (nSPS) is 16.7. The van der Waals surface area contributed by atoms with Gasteiger partial charge >= 0.3 is 6.03 Å². The van der Waals surface area contributed by atoms with E-state index in [1.165, 1.54) is 0 Å². The molecule has 8 nitrogen and oxygen atoms in total. The second kappa shape index (κ2) is 9.91. The van der Waals surface area contributed by atoms with Crippen molar-refractivity contribution in [3.05, 3.63) is 29.8 Å². The predicted octanol–water partition coefficient (Wildman–Crippen LogP) is 1.14. The molecule has 0 radical (unpaired) electrons. The highest BCUT2D eigenvalue weighted by Crippen LogP contribution is 2.22. The fourth-order valence-electron chi connectivity index (χ4n) is 3.08. The van der Waals surface area contributed by atoms with Gasteiger partial charge in [0.05, 0.1) is 17.2 Å². The first-order valence-electron chi connectivity index (χ1n) is 9.36. The molecule has 1 fully saturated rings. The van der Waals surface area contributed by atoms with Gasteiger partial charge in [0.2, 0.25) is 5.91 Å². The van der Waals surface area contributed by atoms with Crippen LogP contribution in [0.4, 0.5) is 10.5 Å². The molecule has 0 saturated carbocycles. The number of piperidine rings is 1. The van der Waals surface area contributed by atoms with Crippen LogP contribution in [0.15, 0.2) is 24.3 Å². The number of carbonyl (C=O) groups excluding carboxylic acids is 3. The van der Waals surface area contributed by atoms with Crippen LogP contribution in [0.1, 0.15) is 37.0 Å². The third-order valence-electron chi connectivity index (χ3n) is 4.35. The van der Waals surface area contributed by atoms with E-state index in [0.29, 0.717) is 37.4 Å². The molecular formula is C19H29N5O3. The summed E-state index contributed by atoms with van der Waals surface area (Å²) in [6, 6.07) is 6.54. The van der Waals surface area contributed by atoms with E-state index in [1.54, 1.807) is 29.2 Å². The molecule has 1 aliphatic rings. The van der Waals surface area contributed by atoms with Gasteiger partial charge in [0, 0.05) is 32.2 Å². The lowest BCUT2D eigenvalue weighted by Gasteiger charge is -2.32. The lowest BCUT2D eigenvalue weighted by atomic mass is 9.96. The minimum absolute atomic E-state index is 0.0113. The van der Waals surface area contributed by atoms with Gasteiger partial charge in [0.1, 0.15) is 0 Å². The van der Waals surface area contributed by atoms with Crippen molar-refractivity contribution in [2.24, 2.45) is 11.7 Å². The average Bonchev–Trinajstić information content (AvgIpc) is 2.65. The first-order valence-corrected chi connectivity index (χ1v) is 9.36. The maximum atomic E-state index is 13.0. The van der Waals surface area contributed by atoms with E-state index in [9.17, 15) is 14.4 Å². The van der Waals surface area contributed by atoms with Crippen LogP contribution in [-0.4, -0.2) is 55.0 Å². The Balaban J connectivity index is 2.08. The molecule has 5 N–H and O–H groups in total. The van der Waals surface area contributed by atoms with Crippen molar-refractivity contribution < 1.29 is 14.4 Å². The number of rotatable bonds is 6. The van der Waals surface area contributed by atoms with E-state index in [4.69, 9.17) is 5.73 Å². The van der Waals surface area contributed by atoms with Crippen LogP contribution < -0.4 is 21.7 Å². The Morgan fingerprint density at radius 1 is 1.26 bits per heavy atom. The smallest absolute Gasteiger partial charge is 0.319 e. The summed E-state index contributed by atoms with van der Waals surface area (Å²) in [5.41, 5.74) is 6.30. The molecule has 27 heavy (non-hydrogen) atoms. The Kier molecular flexibility index (Phi) is 7.60. The second-order valence-electron chi connectivity index (χ2n) is 6.97. The van der Waals surface area contributed by atoms with Gasteiger partial charge < -0.3 is 26.6 Å². The van der Waals surface area contributed by atoms with Crippen molar-refractivity contribution in [1.82, 2.24) is 15.5 Å². The van der Waals surface area contributed by atoms with Gasteiger partial charge in [-0.2, -0.15) is 0 Å². The number of hydrogen-bond donors (Lipinski definition) is 4. The molecule has 1 atom stereocenters. The van der Waals surface area contributed by atoms with Crippen molar-refractivity contribution >= 4 is 23.5 Å². The summed E-state index contributed by atoms with van der Waals surface area (Å²) >= 11 is 0. The molecule has 1 aromatic carbocycles. The average molecular weight is 375 g/mol. The number of carbonyl (C=O) groups is 3. The lowest BCUT2D eigenvalue weighted by molar-refractivity contribution is -0.126. The van der Waals surface area contributed by atoms with Gasteiger partial charge in [-0.25, -0.2) is 4.79 Å². The number of likely N-dealkylation sites (tertiary alicyclic amines) is 1. The maximum Gasteiger partial charge on any atom is 0.319 e. The number of benzene rings is 1. The van der Waals surface area contributed by atoms with Crippen LogP contribution in [-0.2, 0) is 4.79 Å². The van der Waals surface area contributed by atoms with E-state index < -0.39 is 0 Å². The molecule has 0 bridgehead atoms. The molecule has 1 unspecified atom stereocenters. The van der Waals surface area contributed by atoms with E-state index in [1.807, 2.05) is 13.8 Å². The van der Waals surface area contributed by atoms with Crippen LogP contribution in [0, 0.1) is 5.92 Å². The van der Waals surface area contributed by atoms with Crippen molar-refractivity contribution in [3.63, 3.8) is 0 Å². The van der Waals surface area contributed by atoms with Gasteiger partial charge in [0.25, 0.3) is 5.91 Å². The van der Waals surface area contributed by atoms with Gasteiger partial charge in [-0.1, -0.05) is 12.1 Å². The molecule has 1 heterocycles. The number of nitrogens with zero attached hydrogens (tertiary/aromatic N) is 1. The summed E-state index contributed by atoms with van der Waals surface area (Å²) in [4.78, 5) is 38.9. The second-order valence-corrected chi connectivity index (χ2v) is 6.97. The Bertz CT molecular complexity index is 677.